The highest BCUT2D eigenvalue weighted by molar-refractivity contribution is 6.23. The molecule has 0 spiro atoms. The molecule has 6 atom stereocenters. The smallest absolute Gasteiger partial charge is 0.240 e. The Morgan fingerprint density at radius 1 is 0.875 bits per heavy atom. The number of carbonyl (C=O) groups is 2. The summed E-state index contributed by atoms with van der Waals surface area (Å²) in [7, 11) is 3.17. The number of hydrogen-bond acceptors (Lipinski definition) is 7. The number of rotatable bonds is 4. The number of amides is 2. The summed E-state index contributed by atoms with van der Waals surface area (Å²) in [4.78, 5) is 33.8. The Kier molecular flexibility index (Phi) is 4.10. The third-order valence-corrected chi connectivity index (χ3v) is 7.02. The van der Waals surface area contributed by atoms with E-state index in [-0.39, 0.29) is 17.7 Å². The highest BCUT2D eigenvalue weighted by Crippen LogP contribution is 2.55. The first kappa shape index (κ1) is 19.3. The monoisotopic (exact) mass is 434 g/mol. The Morgan fingerprint density at radius 2 is 1.59 bits per heavy atom. The molecular weight excluding hydrogens is 412 g/mol. The van der Waals surface area contributed by atoms with Crippen LogP contribution in [0.1, 0.15) is 11.1 Å². The van der Waals surface area contributed by atoms with Gasteiger partial charge in [0.15, 0.2) is 6.10 Å². The van der Waals surface area contributed by atoms with E-state index >= 15 is 0 Å². The van der Waals surface area contributed by atoms with Gasteiger partial charge in [0, 0.05) is 11.6 Å². The van der Waals surface area contributed by atoms with Crippen LogP contribution in [-0.4, -0.2) is 50.1 Å². The molecule has 32 heavy (non-hydrogen) atoms. The van der Waals surface area contributed by atoms with Crippen LogP contribution in [-0.2, 0) is 19.2 Å². The number of benzene rings is 2. The molecule has 0 aliphatic carbocycles. The quantitative estimate of drug-likeness (QED) is 0.687. The topological polar surface area (TPSA) is 86.7 Å². The zero-order valence-corrected chi connectivity index (χ0v) is 17.8. The molecule has 0 N–H and O–H groups in total. The average Bonchev–Trinajstić information content (AvgIpc) is 3.54. The van der Waals surface area contributed by atoms with E-state index in [0.717, 1.165) is 11.1 Å². The minimum absolute atomic E-state index is 0.220. The molecule has 8 nitrogen and oxygen atoms in total. The second kappa shape index (κ2) is 6.80. The number of nitrogens with zero attached hydrogens (tertiary/aromatic N) is 2. The summed E-state index contributed by atoms with van der Waals surface area (Å²) in [6.45, 7) is 1.97. The van der Waals surface area contributed by atoms with Crippen LogP contribution in [0.15, 0.2) is 47.6 Å². The molecule has 164 valence electrons. The van der Waals surface area contributed by atoms with E-state index in [1.807, 2.05) is 31.2 Å². The summed E-state index contributed by atoms with van der Waals surface area (Å²) in [5.74, 6) is -0.540. The third kappa shape index (κ3) is 2.44. The molecule has 0 radical (unpaired) electrons. The van der Waals surface area contributed by atoms with Crippen LogP contribution in [0, 0.1) is 24.7 Å². The van der Waals surface area contributed by atoms with Crippen LogP contribution >= 0.6 is 0 Å². The lowest BCUT2D eigenvalue weighted by Gasteiger charge is -2.26. The van der Waals surface area contributed by atoms with Gasteiger partial charge in [-0.15, -0.1) is 0 Å². The Balaban J connectivity index is 1.35. The molecule has 4 heterocycles. The van der Waals surface area contributed by atoms with Gasteiger partial charge in [-0.25, -0.2) is 4.90 Å². The summed E-state index contributed by atoms with van der Waals surface area (Å²) in [5, 5.41) is 4.34. The lowest BCUT2D eigenvalue weighted by atomic mass is 9.71. The van der Waals surface area contributed by atoms with Gasteiger partial charge < -0.3 is 19.0 Å². The molecular formula is C24H22N2O6. The van der Waals surface area contributed by atoms with Crippen molar-refractivity contribution in [2.45, 2.75) is 25.2 Å². The standard InChI is InChI=1S/C24H22N2O6/c1-11-4-6-12(7-5-11)26-23(27)16-17(24(26)28)21-22-18(20(16)31-21)19(25-32-22)14-9-8-13(29-2)10-15(14)30-3/h4-10,16-18,20-22H,1-3H3/t16-,17+,18-,20-,21?,22-/m0/s1. The lowest BCUT2D eigenvalue weighted by Crippen LogP contribution is -2.45. The first-order chi connectivity index (χ1) is 15.5. The van der Waals surface area contributed by atoms with Crippen molar-refractivity contribution >= 4 is 23.2 Å². The van der Waals surface area contributed by atoms with Gasteiger partial charge in [0.25, 0.3) is 0 Å². The van der Waals surface area contributed by atoms with Crippen molar-refractivity contribution in [3.8, 4) is 11.5 Å². The lowest BCUT2D eigenvalue weighted by molar-refractivity contribution is -0.125. The average molecular weight is 434 g/mol. The molecule has 2 bridgehead atoms. The summed E-state index contributed by atoms with van der Waals surface area (Å²) < 4.78 is 17.0. The maximum Gasteiger partial charge on any atom is 0.240 e. The number of imide groups is 1. The van der Waals surface area contributed by atoms with Gasteiger partial charge in [-0.1, -0.05) is 22.9 Å². The number of carbonyl (C=O) groups excluding carboxylic acids is 2. The first-order valence-corrected chi connectivity index (χ1v) is 10.6. The molecule has 0 saturated carbocycles. The van der Waals surface area contributed by atoms with Crippen LogP contribution in [0.3, 0.4) is 0 Å². The maximum atomic E-state index is 13.4. The molecule has 2 aromatic carbocycles. The molecule has 4 aliphatic rings. The zero-order valence-electron chi connectivity index (χ0n) is 17.8. The van der Waals surface area contributed by atoms with Gasteiger partial charge in [0.1, 0.15) is 23.3 Å². The summed E-state index contributed by atoms with van der Waals surface area (Å²) in [6.07, 6.45) is -1.39. The van der Waals surface area contributed by atoms with Crippen LogP contribution in [0.2, 0.25) is 0 Å². The Labute approximate surface area is 184 Å². The second-order valence-corrected chi connectivity index (χ2v) is 8.60. The second-order valence-electron chi connectivity index (χ2n) is 8.60. The van der Waals surface area contributed by atoms with Crippen molar-refractivity contribution in [2.24, 2.45) is 22.9 Å². The van der Waals surface area contributed by atoms with E-state index in [0.29, 0.717) is 22.9 Å². The van der Waals surface area contributed by atoms with Crippen LogP contribution < -0.4 is 14.4 Å². The predicted octanol–water partition coefficient (Wildman–Crippen LogP) is 2.32. The van der Waals surface area contributed by atoms with Crippen molar-refractivity contribution in [3.05, 3.63) is 53.6 Å². The summed E-state index contributed by atoms with van der Waals surface area (Å²) >= 11 is 0. The van der Waals surface area contributed by atoms with Crippen molar-refractivity contribution in [2.75, 3.05) is 19.1 Å². The number of fused-ring (bicyclic) bond motifs is 8. The first-order valence-electron chi connectivity index (χ1n) is 10.6. The van der Waals surface area contributed by atoms with Gasteiger partial charge >= 0.3 is 0 Å². The van der Waals surface area contributed by atoms with Gasteiger partial charge in [-0.05, 0) is 31.2 Å². The number of ether oxygens (including phenoxy) is 3. The predicted molar refractivity (Wildman–Crippen MR) is 114 cm³/mol. The van der Waals surface area contributed by atoms with E-state index < -0.39 is 30.1 Å². The fourth-order valence-electron chi connectivity index (χ4n) is 5.54. The van der Waals surface area contributed by atoms with Gasteiger partial charge in [0.2, 0.25) is 11.8 Å². The van der Waals surface area contributed by atoms with E-state index in [4.69, 9.17) is 19.0 Å². The van der Waals surface area contributed by atoms with Crippen molar-refractivity contribution < 1.29 is 28.6 Å². The van der Waals surface area contributed by atoms with E-state index in [9.17, 15) is 9.59 Å². The Hall–Kier alpha value is -3.39. The number of anilines is 1. The van der Waals surface area contributed by atoms with Crippen LogP contribution in [0.5, 0.6) is 11.5 Å². The highest BCUT2D eigenvalue weighted by Gasteiger charge is 2.72. The summed E-state index contributed by atoms with van der Waals surface area (Å²) in [5.41, 5.74) is 3.10. The molecule has 3 saturated heterocycles. The molecule has 8 heteroatoms. The summed E-state index contributed by atoms with van der Waals surface area (Å²) in [6, 6.07) is 12.9. The zero-order chi connectivity index (χ0) is 22.1. The largest absolute Gasteiger partial charge is 0.497 e. The normalized spacial score (nSPS) is 32.0. The minimum atomic E-state index is -0.553. The van der Waals surface area contributed by atoms with Crippen molar-refractivity contribution in [1.82, 2.24) is 0 Å². The molecule has 6 rings (SSSR count). The third-order valence-electron chi connectivity index (χ3n) is 7.02. The molecule has 3 fully saturated rings. The van der Waals surface area contributed by atoms with Gasteiger partial charge in [0.05, 0.1) is 43.8 Å². The van der Waals surface area contributed by atoms with E-state index in [1.54, 1.807) is 32.4 Å². The number of oxime groups is 1. The minimum Gasteiger partial charge on any atom is -0.497 e. The van der Waals surface area contributed by atoms with Gasteiger partial charge in [-0.3, -0.25) is 9.59 Å². The SMILES string of the molecule is COc1ccc(C2=NO[C@@H]3C4O[C@@H]([C@H]5C(=O)N(c6ccc(C)cc6)C(=O)[C@@H]45)[C@H]23)c(OC)c1. The van der Waals surface area contributed by atoms with Crippen LogP contribution in [0.25, 0.3) is 0 Å². The molecule has 0 aromatic heterocycles. The van der Waals surface area contributed by atoms with Crippen molar-refractivity contribution in [3.63, 3.8) is 0 Å². The highest BCUT2D eigenvalue weighted by atomic mass is 16.7. The van der Waals surface area contributed by atoms with Crippen LogP contribution in [0.4, 0.5) is 5.69 Å². The molecule has 4 aliphatic heterocycles. The molecule has 2 amide bonds. The fourth-order valence-corrected chi connectivity index (χ4v) is 5.54. The number of aryl methyl sites for hydroxylation is 1. The van der Waals surface area contributed by atoms with E-state index in [2.05, 4.69) is 5.16 Å². The Bertz CT molecular complexity index is 1160. The number of methoxy groups -OCH3 is 2. The number of hydrogen-bond donors (Lipinski definition) is 0. The van der Waals surface area contributed by atoms with Gasteiger partial charge in [-0.2, -0.15) is 0 Å². The van der Waals surface area contributed by atoms with Crippen molar-refractivity contribution in [1.29, 1.82) is 0 Å². The maximum absolute atomic E-state index is 13.4. The molecule has 1 unspecified atom stereocenters. The van der Waals surface area contributed by atoms with E-state index in [1.165, 1.54) is 4.90 Å². The Morgan fingerprint density at radius 3 is 2.28 bits per heavy atom. The fraction of sp³-hybridized carbons (Fsp3) is 0.375. The molecule has 2 aromatic rings.